The molecule has 2 aromatic rings. The number of pyridine rings is 1. The van der Waals surface area contributed by atoms with Crippen LogP contribution < -0.4 is 5.32 Å². The fourth-order valence-corrected chi connectivity index (χ4v) is 3.51. The molecule has 1 fully saturated rings. The van der Waals surface area contributed by atoms with Crippen molar-refractivity contribution in [2.75, 3.05) is 31.6 Å². The van der Waals surface area contributed by atoms with Crippen LogP contribution in [0, 0.1) is 0 Å². The Bertz CT molecular complexity index is 650. The third-order valence-electron chi connectivity index (χ3n) is 4.79. The van der Waals surface area contributed by atoms with Gasteiger partial charge < -0.3 is 10.1 Å². The largest absolute Gasteiger partial charge is 0.379 e. The van der Waals surface area contributed by atoms with E-state index in [2.05, 4.69) is 51.6 Å². The molecule has 1 aliphatic carbocycles. The van der Waals surface area contributed by atoms with E-state index in [1.54, 1.807) is 0 Å². The molecule has 0 radical (unpaired) electrons. The van der Waals surface area contributed by atoms with Gasteiger partial charge in [-0.1, -0.05) is 30.3 Å². The number of anilines is 1. The Hall–Kier alpha value is -1.91. The molecule has 23 heavy (non-hydrogen) atoms. The van der Waals surface area contributed by atoms with E-state index in [9.17, 15) is 0 Å². The van der Waals surface area contributed by atoms with Gasteiger partial charge in [-0.3, -0.25) is 4.90 Å². The van der Waals surface area contributed by atoms with E-state index in [-0.39, 0.29) is 0 Å². The minimum absolute atomic E-state index is 0.392. The fourth-order valence-electron chi connectivity index (χ4n) is 3.51. The molecule has 0 spiro atoms. The Labute approximate surface area is 137 Å². The Balaban J connectivity index is 1.39. The molecule has 4 nitrogen and oxygen atoms in total. The molecule has 2 heterocycles. The number of aromatic nitrogens is 1. The summed E-state index contributed by atoms with van der Waals surface area (Å²) in [5.74, 6) is 0.970. The van der Waals surface area contributed by atoms with Gasteiger partial charge in [0, 0.05) is 25.8 Å². The van der Waals surface area contributed by atoms with Crippen LogP contribution in [0.5, 0.6) is 0 Å². The van der Waals surface area contributed by atoms with Crippen LogP contribution in [0.4, 0.5) is 5.82 Å². The van der Waals surface area contributed by atoms with Gasteiger partial charge in [0.15, 0.2) is 0 Å². The van der Waals surface area contributed by atoms with Gasteiger partial charge in [0.1, 0.15) is 5.82 Å². The lowest BCUT2D eigenvalue weighted by molar-refractivity contribution is 0.0341. The predicted octanol–water partition coefficient (Wildman–Crippen LogP) is 3.01. The fraction of sp³-hybridized carbons (Fsp3) is 0.421. The van der Waals surface area contributed by atoms with Gasteiger partial charge in [-0.25, -0.2) is 4.98 Å². The van der Waals surface area contributed by atoms with Crippen LogP contribution in [0.1, 0.15) is 29.2 Å². The number of aryl methyl sites for hydroxylation is 1. The maximum absolute atomic E-state index is 5.39. The maximum atomic E-state index is 5.39. The molecule has 1 aromatic heterocycles. The zero-order chi connectivity index (χ0) is 15.5. The van der Waals surface area contributed by atoms with E-state index < -0.39 is 0 Å². The van der Waals surface area contributed by atoms with Crippen molar-refractivity contribution in [3.05, 3.63) is 59.3 Å². The number of morpholine rings is 1. The normalized spacial score (nSPS) is 21.1. The van der Waals surface area contributed by atoms with E-state index in [0.29, 0.717) is 6.04 Å². The van der Waals surface area contributed by atoms with E-state index in [4.69, 9.17) is 4.74 Å². The smallest absolute Gasteiger partial charge is 0.126 e. The Morgan fingerprint density at radius 1 is 1.13 bits per heavy atom. The van der Waals surface area contributed by atoms with Crippen molar-refractivity contribution in [1.29, 1.82) is 0 Å². The van der Waals surface area contributed by atoms with Crippen LogP contribution in [0.2, 0.25) is 0 Å². The van der Waals surface area contributed by atoms with Crippen LogP contribution in [0.3, 0.4) is 0 Å². The highest BCUT2D eigenvalue weighted by Gasteiger charge is 2.21. The van der Waals surface area contributed by atoms with E-state index in [0.717, 1.165) is 51.5 Å². The number of hydrogen-bond acceptors (Lipinski definition) is 4. The number of benzene rings is 1. The average molecular weight is 309 g/mol. The van der Waals surface area contributed by atoms with Gasteiger partial charge >= 0.3 is 0 Å². The minimum Gasteiger partial charge on any atom is -0.379 e. The zero-order valence-electron chi connectivity index (χ0n) is 13.4. The first kappa shape index (κ1) is 14.7. The molecular weight excluding hydrogens is 286 g/mol. The standard InChI is InChI=1S/C19H23N3O/c1-2-4-17-16(3-1)6-7-18(17)21-19-8-5-15(13-20-19)14-22-9-11-23-12-10-22/h1-5,8,13,18H,6-7,9-12,14H2,(H,20,21)/t18-/m0/s1. The van der Waals surface area contributed by atoms with Gasteiger partial charge in [-0.15, -0.1) is 0 Å². The lowest BCUT2D eigenvalue weighted by atomic mass is 10.1. The minimum atomic E-state index is 0.392. The number of nitrogens with one attached hydrogen (secondary N) is 1. The van der Waals surface area contributed by atoms with Crippen molar-refractivity contribution in [3.63, 3.8) is 0 Å². The summed E-state index contributed by atoms with van der Waals surface area (Å²) in [7, 11) is 0. The molecule has 1 aromatic carbocycles. The van der Waals surface area contributed by atoms with Crippen LogP contribution in [-0.2, 0) is 17.7 Å². The Morgan fingerprint density at radius 3 is 2.83 bits per heavy atom. The van der Waals surface area contributed by atoms with Gasteiger partial charge in [0.05, 0.1) is 19.3 Å². The molecule has 4 heteroatoms. The number of ether oxygens (including phenoxy) is 1. The molecule has 0 bridgehead atoms. The second-order valence-corrected chi connectivity index (χ2v) is 6.37. The number of rotatable bonds is 4. The summed E-state index contributed by atoms with van der Waals surface area (Å²) in [5.41, 5.74) is 4.16. The Kier molecular flexibility index (Phi) is 4.26. The zero-order valence-corrected chi connectivity index (χ0v) is 13.4. The Morgan fingerprint density at radius 2 is 2.00 bits per heavy atom. The maximum Gasteiger partial charge on any atom is 0.126 e. The second kappa shape index (κ2) is 6.69. The molecule has 2 aliphatic rings. The second-order valence-electron chi connectivity index (χ2n) is 6.37. The lowest BCUT2D eigenvalue weighted by Crippen LogP contribution is -2.35. The molecule has 1 atom stereocenters. The van der Waals surface area contributed by atoms with Crippen LogP contribution in [0.25, 0.3) is 0 Å². The van der Waals surface area contributed by atoms with Gasteiger partial charge in [-0.2, -0.15) is 0 Å². The molecule has 1 saturated heterocycles. The van der Waals surface area contributed by atoms with E-state index in [1.807, 2.05) is 6.20 Å². The lowest BCUT2D eigenvalue weighted by Gasteiger charge is -2.26. The summed E-state index contributed by atoms with van der Waals surface area (Å²) in [4.78, 5) is 7.03. The molecular formula is C19H23N3O. The summed E-state index contributed by atoms with van der Waals surface area (Å²) >= 11 is 0. The quantitative estimate of drug-likeness (QED) is 0.942. The van der Waals surface area contributed by atoms with Crippen LogP contribution >= 0.6 is 0 Å². The summed E-state index contributed by atoms with van der Waals surface area (Å²) in [6, 6.07) is 13.4. The van der Waals surface area contributed by atoms with E-state index >= 15 is 0 Å². The molecule has 0 saturated carbocycles. The monoisotopic (exact) mass is 309 g/mol. The summed E-state index contributed by atoms with van der Waals surface area (Å²) in [5, 5.41) is 3.58. The predicted molar refractivity (Wildman–Crippen MR) is 91.5 cm³/mol. The third-order valence-corrected chi connectivity index (χ3v) is 4.79. The van der Waals surface area contributed by atoms with Crippen LogP contribution in [-0.4, -0.2) is 36.2 Å². The molecule has 4 rings (SSSR count). The van der Waals surface area contributed by atoms with Crippen molar-refractivity contribution in [2.45, 2.75) is 25.4 Å². The van der Waals surface area contributed by atoms with Gasteiger partial charge in [0.25, 0.3) is 0 Å². The number of nitrogens with zero attached hydrogens (tertiary/aromatic N) is 2. The van der Waals surface area contributed by atoms with Crippen molar-refractivity contribution in [1.82, 2.24) is 9.88 Å². The van der Waals surface area contributed by atoms with E-state index in [1.165, 1.54) is 16.7 Å². The van der Waals surface area contributed by atoms with Crippen molar-refractivity contribution in [3.8, 4) is 0 Å². The highest BCUT2D eigenvalue weighted by Crippen LogP contribution is 2.33. The SMILES string of the molecule is c1ccc2c(c1)CC[C@@H]2Nc1ccc(CN2CCOCC2)cn1. The first-order valence-electron chi connectivity index (χ1n) is 8.48. The highest BCUT2D eigenvalue weighted by atomic mass is 16.5. The molecule has 0 unspecified atom stereocenters. The van der Waals surface area contributed by atoms with Crippen molar-refractivity contribution < 1.29 is 4.74 Å². The molecule has 1 N–H and O–H groups in total. The van der Waals surface area contributed by atoms with Gasteiger partial charge in [-0.05, 0) is 35.6 Å². The topological polar surface area (TPSA) is 37.4 Å². The van der Waals surface area contributed by atoms with Crippen molar-refractivity contribution in [2.24, 2.45) is 0 Å². The molecule has 120 valence electrons. The summed E-state index contributed by atoms with van der Waals surface area (Å²) in [6.45, 7) is 4.67. The molecule has 0 amide bonds. The molecule has 1 aliphatic heterocycles. The summed E-state index contributed by atoms with van der Waals surface area (Å²) < 4.78 is 5.39. The number of hydrogen-bond donors (Lipinski definition) is 1. The third kappa shape index (κ3) is 3.38. The first-order valence-corrected chi connectivity index (χ1v) is 8.48. The first-order chi connectivity index (χ1) is 11.4. The van der Waals surface area contributed by atoms with Gasteiger partial charge in [0.2, 0.25) is 0 Å². The summed E-state index contributed by atoms with van der Waals surface area (Å²) in [6.07, 6.45) is 4.30. The highest BCUT2D eigenvalue weighted by molar-refractivity contribution is 5.43. The van der Waals surface area contributed by atoms with Crippen molar-refractivity contribution >= 4 is 5.82 Å². The average Bonchev–Trinajstić information content (AvgIpc) is 3.01. The number of fused-ring (bicyclic) bond motifs is 1. The van der Waals surface area contributed by atoms with Crippen LogP contribution in [0.15, 0.2) is 42.6 Å².